The number of benzene rings is 1. The fourth-order valence-corrected chi connectivity index (χ4v) is 2.34. The van der Waals surface area contributed by atoms with Crippen LogP contribution in [-0.4, -0.2) is 31.3 Å². The molecule has 0 radical (unpaired) electrons. The van der Waals surface area contributed by atoms with Gasteiger partial charge in [0.15, 0.2) is 16.6 Å². The lowest BCUT2D eigenvalue weighted by Crippen LogP contribution is -2.29. The van der Waals surface area contributed by atoms with Gasteiger partial charge in [0.1, 0.15) is 0 Å². The second-order valence-corrected chi connectivity index (χ2v) is 4.92. The molecule has 0 spiro atoms. The minimum absolute atomic E-state index is 0.132. The lowest BCUT2D eigenvalue weighted by molar-refractivity contribution is -0.167. The maximum atomic E-state index is 12.2. The van der Waals surface area contributed by atoms with E-state index in [9.17, 15) is 18.0 Å². The van der Waals surface area contributed by atoms with E-state index in [1.807, 2.05) is 0 Å². The maximum absolute atomic E-state index is 12.2. The molecule has 1 amide bonds. The molecule has 0 atom stereocenters. The van der Waals surface area contributed by atoms with Crippen LogP contribution in [0.3, 0.4) is 0 Å². The van der Waals surface area contributed by atoms with E-state index < -0.39 is 12.1 Å². The molecule has 0 bridgehead atoms. The third-order valence-electron chi connectivity index (χ3n) is 2.66. The molecule has 1 aromatic heterocycles. The molecule has 0 unspecified atom stereocenters. The summed E-state index contributed by atoms with van der Waals surface area (Å²) in [6, 6.07) is 4.98. The Hall–Kier alpha value is -2.29. The number of hydrogen-bond donors (Lipinski definition) is 1. The number of methoxy groups -OCH3 is 2. The van der Waals surface area contributed by atoms with Crippen LogP contribution in [-0.2, 0) is 4.79 Å². The molecule has 0 saturated carbocycles. The molecule has 9 heteroatoms. The van der Waals surface area contributed by atoms with Crippen molar-refractivity contribution in [2.45, 2.75) is 6.18 Å². The van der Waals surface area contributed by atoms with Gasteiger partial charge in [0.25, 0.3) is 0 Å². The average molecular weight is 332 g/mol. The summed E-state index contributed by atoms with van der Waals surface area (Å²) in [6.07, 6.45) is -4.95. The van der Waals surface area contributed by atoms with Crippen molar-refractivity contribution in [1.29, 1.82) is 0 Å². The summed E-state index contributed by atoms with van der Waals surface area (Å²) >= 11 is 0.897. The lowest BCUT2D eigenvalue weighted by Gasteiger charge is -2.08. The van der Waals surface area contributed by atoms with Crippen molar-refractivity contribution < 1.29 is 27.4 Å². The van der Waals surface area contributed by atoms with Gasteiger partial charge < -0.3 is 9.47 Å². The third kappa shape index (κ3) is 3.48. The smallest absolute Gasteiger partial charge is 0.471 e. The van der Waals surface area contributed by atoms with Crippen LogP contribution in [0.25, 0.3) is 11.3 Å². The van der Waals surface area contributed by atoms with Gasteiger partial charge in [0, 0.05) is 10.9 Å². The van der Waals surface area contributed by atoms with E-state index in [0.717, 1.165) is 11.3 Å². The molecule has 0 aliphatic heterocycles. The summed E-state index contributed by atoms with van der Waals surface area (Å²) in [4.78, 5) is 14.8. The van der Waals surface area contributed by atoms with Gasteiger partial charge in [-0.2, -0.15) is 13.2 Å². The molecule has 118 valence electrons. The molecule has 1 aromatic carbocycles. The Labute approximate surface area is 127 Å². The first kappa shape index (κ1) is 16.1. The van der Waals surface area contributed by atoms with Crippen molar-refractivity contribution in [3.05, 3.63) is 23.6 Å². The summed E-state index contributed by atoms with van der Waals surface area (Å²) in [5.74, 6) is -1.07. The SMILES string of the molecule is COc1ccc(-c2csc(NC(=O)C(F)(F)F)n2)cc1OC. The highest BCUT2D eigenvalue weighted by Gasteiger charge is 2.39. The minimum Gasteiger partial charge on any atom is -0.493 e. The number of nitrogens with one attached hydrogen (secondary N) is 1. The predicted molar refractivity (Wildman–Crippen MR) is 75.3 cm³/mol. The summed E-state index contributed by atoms with van der Waals surface area (Å²) in [6.45, 7) is 0. The highest BCUT2D eigenvalue weighted by molar-refractivity contribution is 7.14. The number of anilines is 1. The molecule has 0 aliphatic rings. The Balaban J connectivity index is 2.23. The number of carbonyl (C=O) groups is 1. The van der Waals surface area contributed by atoms with Gasteiger partial charge in [0.2, 0.25) is 0 Å². The van der Waals surface area contributed by atoms with Gasteiger partial charge in [-0.25, -0.2) is 4.98 Å². The second kappa shape index (κ2) is 6.22. The second-order valence-electron chi connectivity index (χ2n) is 4.06. The van der Waals surface area contributed by atoms with Crippen molar-refractivity contribution in [2.24, 2.45) is 0 Å². The number of amides is 1. The van der Waals surface area contributed by atoms with Gasteiger partial charge in [-0.15, -0.1) is 11.3 Å². The molecule has 2 aromatic rings. The van der Waals surface area contributed by atoms with Crippen molar-refractivity contribution in [3.8, 4) is 22.8 Å². The van der Waals surface area contributed by atoms with Crippen LogP contribution in [0.2, 0.25) is 0 Å². The van der Waals surface area contributed by atoms with E-state index in [0.29, 0.717) is 22.8 Å². The Morgan fingerprint density at radius 1 is 1.23 bits per heavy atom. The monoisotopic (exact) mass is 332 g/mol. The number of carbonyl (C=O) groups excluding carboxylic acids is 1. The highest BCUT2D eigenvalue weighted by Crippen LogP contribution is 2.33. The van der Waals surface area contributed by atoms with E-state index >= 15 is 0 Å². The Morgan fingerprint density at radius 3 is 2.50 bits per heavy atom. The number of thiazole rings is 1. The van der Waals surface area contributed by atoms with Gasteiger partial charge >= 0.3 is 12.1 Å². The maximum Gasteiger partial charge on any atom is 0.471 e. The number of ether oxygens (including phenoxy) is 2. The zero-order valence-corrected chi connectivity index (χ0v) is 12.3. The van der Waals surface area contributed by atoms with Crippen molar-refractivity contribution in [1.82, 2.24) is 4.98 Å². The fourth-order valence-electron chi connectivity index (χ4n) is 1.63. The van der Waals surface area contributed by atoms with E-state index in [-0.39, 0.29) is 5.13 Å². The van der Waals surface area contributed by atoms with Crippen LogP contribution in [0.1, 0.15) is 0 Å². The molecular formula is C13H11F3N2O3S. The van der Waals surface area contributed by atoms with Crippen LogP contribution in [0.5, 0.6) is 11.5 Å². The summed E-state index contributed by atoms with van der Waals surface area (Å²) in [5, 5.41) is 3.11. The van der Waals surface area contributed by atoms with Gasteiger partial charge in [-0.1, -0.05) is 0 Å². The van der Waals surface area contributed by atoms with Crippen molar-refractivity contribution >= 4 is 22.4 Å². The molecule has 5 nitrogen and oxygen atoms in total. The Kier molecular flexibility index (Phi) is 4.55. The van der Waals surface area contributed by atoms with E-state index in [4.69, 9.17) is 9.47 Å². The molecular weight excluding hydrogens is 321 g/mol. The fraction of sp³-hybridized carbons (Fsp3) is 0.231. The number of aromatic nitrogens is 1. The minimum atomic E-state index is -4.95. The Bertz CT molecular complexity index is 685. The van der Waals surface area contributed by atoms with Gasteiger partial charge in [0.05, 0.1) is 19.9 Å². The number of rotatable bonds is 4. The van der Waals surface area contributed by atoms with E-state index in [1.165, 1.54) is 19.6 Å². The van der Waals surface area contributed by atoms with Gasteiger partial charge in [-0.05, 0) is 18.2 Å². The summed E-state index contributed by atoms with van der Waals surface area (Å²) in [7, 11) is 2.96. The number of hydrogen-bond acceptors (Lipinski definition) is 5. The predicted octanol–water partition coefficient (Wildman–Crippen LogP) is 3.33. The largest absolute Gasteiger partial charge is 0.493 e. The molecule has 0 aliphatic carbocycles. The standard InChI is InChI=1S/C13H11F3N2O3S/c1-20-9-4-3-7(5-10(9)21-2)8-6-22-12(17-8)18-11(19)13(14,15)16/h3-6H,1-2H3,(H,17,18,19). The summed E-state index contributed by atoms with van der Waals surface area (Å²) < 4.78 is 46.8. The van der Waals surface area contributed by atoms with Crippen LogP contribution in [0.4, 0.5) is 18.3 Å². The first-order valence-corrected chi connectivity index (χ1v) is 6.79. The first-order chi connectivity index (χ1) is 10.3. The summed E-state index contributed by atoms with van der Waals surface area (Å²) in [5.41, 5.74) is 1.05. The quantitative estimate of drug-likeness (QED) is 0.933. The lowest BCUT2D eigenvalue weighted by atomic mass is 10.1. The van der Waals surface area contributed by atoms with Gasteiger partial charge in [-0.3, -0.25) is 10.1 Å². The molecule has 1 heterocycles. The highest BCUT2D eigenvalue weighted by atomic mass is 32.1. The van der Waals surface area contributed by atoms with E-state index in [1.54, 1.807) is 23.5 Å². The van der Waals surface area contributed by atoms with Crippen molar-refractivity contribution in [3.63, 3.8) is 0 Å². The molecule has 0 fully saturated rings. The number of halogens is 3. The molecule has 2 rings (SSSR count). The molecule has 1 N–H and O–H groups in total. The first-order valence-electron chi connectivity index (χ1n) is 5.91. The number of alkyl halides is 3. The zero-order valence-electron chi connectivity index (χ0n) is 11.5. The molecule has 22 heavy (non-hydrogen) atoms. The van der Waals surface area contributed by atoms with E-state index in [2.05, 4.69) is 4.98 Å². The number of nitrogens with zero attached hydrogens (tertiary/aromatic N) is 1. The van der Waals surface area contributed by atoms with Crippen LogP contribution < -0.4 is 14.8 Å². The Morgan fingerprint density at radius 2 is 1.91 bits per heavy atom. The third-order valence-corrected chi connectivity index (χ3v) is 3.42. The average Bonchev–Trinajstić information content (AvgIpc) is 2.94. The van der Waals surface area contributed by atoms with Crippen LogP contribution >= 0.6 is 11.3 Å². The molecule has 0 saturated heterocycles. The van der Waals surface area contributed by atoms with Crippen LogP contribution in [0, 0.1) is 0 Å². The van der Waals surface area contributed by atoms with Crippen LogP contribution in [0.15, 0.2) is 23.6 Å². The zero-order chi connectivity index (χ0) is 16.3. The topological polar surface area (TPSA) is 60.5 Å². The normalized spacial score (nSPS) is 11.1. The van der Waals surface area contributed by atoms with Crippen molar-refractivity contribution in [2.75, 3.05) is 19.5 Å².